The van der Waals surface area contributed by atoms with Crippen LogP contribution < -0.4 is 9.64 Å². The van der Waals surface area contributed by atoms with Gasteiger partial charge in [0.05, 0.1) is 28.9 Å². The number of carbonyl (C=O) groups excluding carboxylic acids is 2. The van der Waals surface area contributed by atoms with Crippen LogP contribution in [0.3, 0.4) is 0 Å². The van der Waals surface area contributed by atoms with Gasteiger partial charge in [0.25, 0.3) is 5.91 Å². The van der Waals surface area contributed by atoms with Gasteiger partial charge in [0.15, 0.2) is 0 Å². The lowest BCUT2D eigenvalue weighted by Gasteiger charge is -2.28. The molecule has 192 valence electrons. The van der Waals surface area contributed by atoms with Gasteiger partial charge in [-0.1, -0.05) is 53.5 Å². The molecule has 0 unspecified atom stereocenters. The molecular weight excluding hydrogens is 527 g/mol. The number of halogens is 3. The molecule has 3 rings (SSSR count). The highest BCUT2D eigenvalue weighted by Gasteiger charge is 2.30. The molecule has 36 heavy (non-hydrogen) atoms. The van der Waals surface area contributed by atoms with Crippen LogP contribution in [0.4, 0.5) is 5.69 Å². The summed E-state index contributed by atoms with van der Waals surface area (Å²) in [6.45, 7) is 4.37. The van der Waals surface area contributed by atoms with Crippen LogP contribution in [0.1, 0.15) is 31.2 Å². The molecule has 0 aliphatic heterocycles. The highest BCUT2D eigenvalue weighted by atomic mass is 35.5. The number of pyridine rings is 1. The number of benzene rings is 1. The van der Waals surface area contributed by atoms with Gasteiger partial charge in [0, 0.05) is 30.5 Å². The van der Waals surface area contributed by atoms with E-state index in [4.69, 9.17) is 49.0 Å². The Bertz CT molecular complexity index is 1140. The number of hydrogen-bond donors (Lipinski definition) is 0. The molecule has 0 fully saturated rings. The van der Waals surface area contributed by atoms with Crippen LogP contribution in [-0.2, 0) is 25.6 Å². The molecule has 0 radical (unpaired) electrons. The van der Waals surface area contributed by atoms with Gasteiger partial charge in [-0.2, -0.15) is 0 Å². The fourth-order valence-corrected chi connectivity index (χ4v) is 4.42. The predicted octanol–water partition coefficient (Wildman–Crippen LogP) is 6.20. The van der Waals surface area contributed by atoms with Gasteiger partial charge in [0.2, 0.25) is 0 Å². The lowest BCUT2D eigenvalue weighted by atomic mass is 9.90. The molecule has 1 aliphatic rings. The van der Waals surface area contributed by atoms with E-state index in [1.807, 2.05) is 0 Å². The monoisotopic (exact) mass is 552 g/mol. The summed E-state index contributed by atoms with van der Waals surface area (Å²) in [5.41, 5.74) is 1.86. The second-order valence-electron chi connectivity index (χ2n) is 8.01. The Kier molecular flexibility index (Phi) is 10.6. The maximum absolute atomic E-state index is 14.0. The molecule has 1 aliphatic carbocycles. The zero-order valence-electron chi connectivity index (χ0n) is 19.9. The molecule has 0 saturated carbocycles. The highest BCUT2D eigenvalue weighted by Crippen LogP contribution is 2.39. The zero-order chi connectivity index (χ0) is 26.1. The van der Waals surface area contributed by atoms with Crippen LogP contribution >= 0.6 is 34.8 Å². The van der Waals surface area contributed by atoms with Crippen LogP contribution in [0.25, 0.3) is 0 Å². The van der Waals surface area contributed by atoms with E-state index in [0.29, 0.717) is 51.2 Å². The Morgan fingerprint density at radius 1 is 1.08 bits per heavy atom. The van der Waals surface area contributed by atoms with Gasteiger partial charge in [-0.25, -0.2) is 9.78 Å². The van der Waals surface area contributed by atoms with E-state index in [-0.39, 0.29) is 37.3 Å². The molecule has 0 bridgehead atoms. The van der Waals surface area contributed by atoms with Crippen LogP contribution in [-0.4, -0.2) is 43.8 Å². The third kappa shape index (κ3) is 7.23. The first-order valence-electron chi connectivity index (χ1n) is 11.4. The van der Waals surface area contributed by atoms with E-state index in [2.05, 4.69) is 11.6 Å². The molecule has 10 heteroatoms. The largest absolute Gasteiger partial charge is 0.488 e. The normalized spacial score (nSPS) is 13.3. The fourth-order valence-electron chi connectivity index (χ4n) is 3.77. The number of rotatable bonds is 11. The standard InChI is InChI=1S/C26H27Cl3N2O5/c1-3-10-35-23-14-22(20(27)13-21(23)28)31(16-17-8-9-24(29)30-15-17)25(32)18-6-4-5-7-19(18)26(33)36-12-11-34-2/h3,8-9,13-15H,1,4-7,10-12,16H2,2H3. The summed E-state index contributed by atoms with van der Waals surface area (Å²) in [6.07, 6.45) is 5.61. The average Bonchev–Trinajstić information content (AvgIpc) is 2.88. The molecule has 1 aromatic carbocycles. The van der Waals surface area contributed by atoms with Crippen molar-refractivity contribution in [2.45, 2.75) is 32.2 Å². The van der Waals surface area contributed by atoms with Crippen molar-refractivity contribution in [1.82, 2.24) is 4.98 Å². The molecule has 2 aromatic rings. The predicted molar refractivity (Wildman–Crippen MR) is 141 cm³/mol. The van der Waals surface area contributed by atoms with E-state index in [1.54, 1.807) is 30.5 Å². The smallest absolute Gasteiger partial charge is 0.334 e. The second-order valence-corrected chi connectivity index (χ2v) is 9.21. The summed E-state index contributed by atoms with van der Waals surface area (Å²) in [5.74, 6) is -0.525. The fraction of sp³-hybridized carbons (Fsp3) is 0.346. The molecule has 1 amide bonds. The topological polar surface area (TPSA) is 78.0 Å². The van der Waals surface area contributed by atoms with E-state index in [1.165, 1.54) is 18.1 Å². The van der Waals surface area contributed by atoms with Crippen molar-refractivity contribution in [3.8, 4) is 5.75 Å². The Morgan fingerprint density at radius 3 is 2.50 bits per heavy atom. The van der Waals surface area contributed by atoms with Crippen molar-refractivity contribution >= 4 is 52.4 Å². The molecule has 1 aromatic heterocycles. The number of nitrogens with zero attached hydrogens (tertiary/aromatic N) is 2. The van der Waals surface area contributed by atoms with E-state index < -0.39 is 5.97 Å². The van der Waals surface area contributed by atoms with Gasteiger partial charge in [0.1, 0.15) is 24.1 Å². The highest BCUT2D eigenvalue weighted by molar-refractivity contribution is 6.37. The van der Waals surface area contributed by atoms with Gasteiger partial charge < -0.3 is 19.1 Å². The number of amides is 1. The van der Waals surface area contributed by atoms with Crippen LogP contribution in [0, 0.1) is 0 Å². The van der Waals surface area contributed by atoms with Crippen LogP contribution in [0.5, 0.6) is 5.75 Å². The first-order chi connectivity index (χ1) is 17.3. The summed E-state index contributed by atoms with van der Waals surface area (Å²) in [6, 6.07) is 6.53. The lowest BCUT2D eigenvalue weighted by molar-refractivity contribution is -0.140. The van der Waals surface area contributed by atoms with Crippen molar-refractivity contribution in [3.63, 3.8) is 0 Å². The molecule has 0 saturated heterocycles. The molecule has 0 spiro atoms. The van der Waals surface area contributed by atoms with Crippen molar-refractivity contribution in [3.05, 3.63) is 75.0 Å². The molecular formula is C26H27Cl3N2O5. The minimum absolute atomic E-state index is 0.105. The Labute approximate surface area is 225 Å². The second kappa shape index (κ2) is 13.7. The van der Waals surface area contributed by atoms with Crippen molar-refractivity contribution < 1.29 is 23.8 Å². The first kappa shape index (κ1) is 28.0. The summed E-state index contributed by atoms with van der Waals surface area (Å²) < 4.78 is 16.0. The minimum atomic E-state index is -0.514. The SMILES string of the molecule is C=CCOc1cc(N(Cc2ccc(Cl)nc2)C(=O)C2=C(C(=O)OCCOC)CCCC2)c(Cl)cc1Cl. The summed E-state index contributed by atoms with van der Waals surface area (Å²) in [5, 5.41) is 0.879. The van der Waals surface area contributed by atoms with Gasteiger partial charge in [-0.15, -0.1) is 0 Å². The van der Waals surface area contributed by atoms with Crippen molar-refractivity contribution in [2.75, 3.05) is 31.8 Å². The zero-order valence-corrected chi connectivity index (χ0v) is 22.2. The molecule has 1 heterocycles. The number of ether oxygens (including phenoxy) is 3. The van der Waals surface area contributed by atoms with E-state index >= 15 is 0 Å². The van der Waals surface area contributed by atoms with Gasteiger partial charge >= 0.3 is 5.97 Å². The number of carbonyl (C=O) groups is 2. The van der Waals surface area contributed by atoms with Gasteiger partial charge in [-0.3, -0.25) is 4.79 Å². The maximum Gasteiger partial charge on any atom is 0.334 e. The van der Waals surface area contributed by atoms with Crippen molar-refractivity contribution in [2.24, 2.45) is 0 Å². The third-order valence-corrected chi connectivity index (χ3v) is 6.34. The quantitative estimate of drug-likeness (QED) is 0.143. The molecule has 0 N–H and O–H groups in total. The number of esters is 1. The van der Waals surface area contributed by atoms with Gasteiger partial charge in [-0.05, 0) is 43.4 Å². The number of aromatic nitrogens is 1. The summed E-state index contributed by atoms with van der Waals surface area (Å²) in [7, 11) is 1.52. The first-order valence-corrected chi connectivity index (χ1v) is 12.5. The third-order valence-electron chi connectivity index (χ3n) is 5.52. The van der Waals surface area contributed by atoms with Crippen LogP contribution in [0.2, 0.25) is 15.2 Å². The maximum atomic E-state index is 14.0. The van der Waals surface area contributed by atoms with Crippen LogP contribution in [0.15, 0.2) is 54.3 Å². The number of hydrogen-bond acceptors (Lipinski definition) is 6. The number of anilines is 1. The average molecular weight is 554 g/mol. The lowest BCUT2D eigenvalue weighted by Crippen LogP contribution is -2.34. The Hall–Kier alpha value is -2.58. The van der Waals surface area contributed by atoms with E-state index in [9.17, 15) is 9.59 Å². The van der Waals surface area contributed by atoms with E-state index in [0.717, 1.165) is 12.8 Å². The summed E-state index contributed by atoms with van der Waals surface area (Å²) >= 11 is 18.8. The molecule has 7 nitrogen and oxygen atoms in total. The number of methoxy groups -OCH3 is 1. The summed E-state index contributed by atoms with van der Waals surface area (Å²) in [4.78, 5) is 32.5. The Morgan fingerprint density at radius 2 is 1.83 bits per heavy atom. The molecule has 0 atom stereocenters. The van der Waals surface area contributed by atoms with Crippen molar-refractivity contribution in [1.29, 1.82) is 0 Å². The Balaban J connectivity index is 2.06. The minimum Gasteiger partial charge on any atom is -0.488 e.